The second kappa shape index (κ2) is 5.53. The monoisotopic (exact) mass is 345 g/mol. The zero-order chi connectivity index (χ0) is 14.8. The zero-order valence-electron chi connectivity index (χ0n) is 11.2. The van der Waals surface area contributed by atoms with Gasteiger partial charge in [0.1, 0.15) is 18.3 Å². The maximum atomic E-state index is 12.3. The average molecular weight is 346 g/mol. The molecule has 0 aliphatic rings. The molecular formula is C14H12BrN5O. The third-order valence-corrected chi connectivity index (χ3v) is 3.46. The highest BCUT2D eigenvalue weighted by molar-refractivity contribution is 9.10. The fourth-order valence-corrected chi connectivity index (χ4v) is 2.55. The number of amides is 1. The number of aromatic nitrogens is 4. The Hall–Kier alpha value is -2.41. The summed E-state index contributed by atoms with van der Waals surface area (Å²) < 4.78 is 4.41. The van der Waals surface area contributed by atoms with Gasteiger partial charge in [-0.25, -0.2) is 0 Å². The van der Waals surface area contributed by atoms with Crippen LogP contribution in [0.2, 0.25) is 0 Å². The second-order valence-corrected chi connectivity index (χ2v) is 5.44. The highest BCUT2D eigenvalue weighted by Crippen LogP contribution is 2.17. The zero-order valence-corrected chi connectivity index (χ0v) is 12.8. The number of hydrogen-bond acceptors (Lipinski definition) is 3. The van der Waals surface area contributed by atoms with Crippen molar-refractivity contribution in [2.45, 2.75) is 0 Å². The molecule has 0 aliphatic carbocycles. The first-order chi connectivity index (χ1) is 10.1. The Morgan fingerprint density at radius 3 is 2.67 bits per heavy atom. The number of aryl methyl sites for hydroxylation is 1. The van der Waals surface area contributed by atoms with Crippen molar-refractivity contribution in [3.63, 3.8) is 0 Å². The van der Waals surface area contributed by atoms with E-state index in [9.17, 15) is 4.79 Å². The number of carbonyl (C=O) groups is 1. The molecule has 3 aromatic rings. The largest absolute Gasteiger partial charge is 0.345 e. The molecule has 0 unspecified atom stereocenters. The van der Waals surface area contributed by atoms with Crippen molar-refractivity contribution in [2.24, 2.45) is 7.05 Å². The SMILES string of the molecule is Cn1cc(Br)cc1C(=O)Nc1cccc(-n2cnnc2)c1. The third-order valence-electron chi connectivity index (χ3n) is 3.03. The number of benzene rings is 1. The minimum absolute atomic E-state index is 0.163. The van der Waals surface area contributed by atoms with Crippen molar-refractivity contribution < 1.29 is 4.79 Å². The van der Waals surface area contributed by atoms with Gasteiger partial charge >= 0.3 is 0 Å². The number of halogens is 1. The number of carbonyl (C=O) groups excluding carboxylic acids is 1. The quantitative estimate of drug-likeness (QED) is 0.793. The van der Waals surface area contributed by atoms with E-state index < -0.39 is 0 Å². The molecule has 0 radical (unpaired) electrons. The summed E-state index contributed by atoms with van der Waals surface area (Å²) in [5.41, 5.74) is 2.17. The van der Waals surface area contributed by atoms with Crippen molar-refractivity contribution >= 4 is 27.5 Å². The van der Waals surface area contributed by atoms with E-state index in [-0.39, 0.29) is 5.91 Å². The lowest BCUT2D eigenvalue weighted by atomic mass is 10.2. The van der Waals surface area contributed by atoms with Crippen molar-refractivity contribution in [1.29, 1.82) is 0 Å². The number of nitrogens with one attached hydrogen (secondary N) is 1. The van der Waals surface area contributed by atoms with Crippen LogP contribution in [0.3, 0.4) is 0 Å². The smallest absolute Gasteiger partial charge is 0.272 e. The molecule has 7 heteroatoms. The highest BCUT2D eigenvalue weighted by atomic mass is 79.9. The summed E-state index contributed by atoms with van der Waals surface area (Å²) in [4.78, 5) is 12.3. The highest BCUT2D eigenvalue weighted by Gasteiger charge is 2.11. The fourth-order valence-electron chi connectivity index (χ4n) is 2.02. The molecule has 0 bridgehead atoms. The van der Waals surface area contributed by atoms with E-state index in [1.807, 2.05) is 37.5 Å². The predicted molar refractivity (Wildman–Crippen MR) is 82.4 cm³/mol. The van der Waals surface area contributed by atoms with Crippen LogP contribution in [0, 0.1) is 0 Å². The molecule has 0 spiro atoms. The summed E-state index contributed by atoms with van der Waals surface area (Å²) >= 11 is 3.36. The Bertz CT molecular complexity index is 779. The van der Waals surface area contributed by atoms with Crippen LogP contribution in [-0.2, 0) is 7.05 Å². The maximum absolute atomic E-state index is 12.3. The van der Waals surface area contributed by atoms with Gasteiger partial charge in [0.15, 0.2) is 0 Å². The van der Waals surface area contributed by atoms with Crippen LogP contribution in [-0.4, -0.2) is 25.2 Å². The van der Waals surface area contributed by atoms with Gasteiger partial charge in [-0.15, -0.1) is 10.2 Å². The van der Waals surface area contributed by atoms with E-state index in [4.69, 9.17) is 0 Å². The maximum Gasteiger partial charge on any atom is 0.272 e. The van der Waals surface area contributed by atoms with Crippen LogP contribution in [0.5, 0.6) is 0 Å². The topological polar surface area (TPSA) is 64.7 Å². The molecule has 1 aromatic carbocycles. The first-order valence-corrected chi connectivity index (χ1v) is 7.01. The van der Waals surface area contributed by atoms with Crippen LogP contribution in [0.15, 0.2) is 53.7 Å². The molecule has 0 saturated heterocycles. The minimum Gasteiger partial charge on any atom is -0.345 e. The Morgan fingerprint density at radius 1 is 1.24 bits per heavy atom. The normalized spacial score (nSPS) is 10.6. The molecule has 0 saturated carbocycles. The van der Waals surface area contributed by atoms with Gasteiger partial charge in [0, 0.05) is 23.4 Å². The molecule has 0 fully saturated rings. The van der Waals surface area contributed by atoms with Gasteiger partial charge < -0.3 is 9.88 Å². The minimum atomic E-state index is -0.163. The first kappa shape index (κ1) is 13.6. The summed E-state index contributed by atoms with van der Waals surface area (Å²) in [7, 11) is 1.83. The van der Waals surface area contributed by atoms with Gasteiger partial charge in [-0.2, -0.15) is 0 Å². The van der Waals surface area contributed by atoms with Crippen molar-refractivity contribution in [2.75, 3.05) is 5.32 Å². The summed E-state index contributed by atoms with van der Waals surface area (Å²) in [6.45, 7) is 0. The van der Waals surface area contributed by atoms with Gasteiger partial charge in [0.25, 0.3) is 5.91 Å². The Balaban J connectivity index is 1.84. The van der Waals surface area contributed by atoms with Crippen molar-refractivity contribution in [3.8, 4) is 5.69 Å². The Kier molecular flexibility index (Phi) is 3.57. The molecule has 21 heavy (non-hydrogen) atoms. The first-order valence-electron chi connectivity index (χ1n) is 6.22. The van der Waals surface area contributed by atoms with E-state index in [1.54, 1.807) is 27.9 Å². The van der Waals surface area contributed by atoms with Gasteiger partial charge in [0.2, 0.25) is 0 Å². The van der Waals surface area contributed by atoms with E-state index in [2.05, 4.69) is 31.4 Å². The lowest BCUT2D eigenvalue weighted by Crippen LogP contribution is -2.15. The molecular weight excluding hydrogens is 334 g/mol. The Labute approximate surface area is 129 Å². The van der Waals surface area contributed by atoms with E-state index in [1.165, 1.54) is 0 Å². The van der Waals surface area contributed by atoms with E-state index in [0.717, 1.165) is 10.2 Å². The lowest BCUT2D eigenvalue weighted by molar-refractivity contribution is 0.101. The molecule has 106 valence electrons. The molecule has 2 aromatic heterocycles. The van der Waals surface area contributed by atoms with Crippen molar-refractivity contribution in [3.05, 3.63) is 59.3 Å². The van der Waals surface area contributed by atoms with Gasteiger partial charge in [-0.3, -0.25) is 9.36 Å². The van der Waals surface area contributed by atoms with Crippen LogP contribution in [0.1, 0.15) is 10.5 Å². The van der Waals surface area contributed by atoms with Gasteiger partial charge in [-0.05, 0) is 40.2 Å². The van der Waals surface area contributed by atoms with Crippen LogP contribution < -0.4 is 5.32 Å². The summed E-state index contributed by atoms with van der Waals surface area (Å²) in [5, 5.41) is 10.4. The average Bonchev–Trinajstić information content (AvgIpc) is 3.08. The third kappa shape index (κ3) is 2.87. The fraction of sp³-hybridized carbons (Fsp3) is 0.0714. The standard InChI is InChI=1S/C14H12BrN5O/c1-19-7-10(15)5-13(19)14(21)18-11-3-2-4-12(6-11)20-8-16-17-9-20/h2-9H,1H3,(H,18,21). The van der Waals surface area contributed by atoms with E-state index >= 15 is 0 Å². The molecule has 2 heterocycles. The molecule has 6 nitrogen and oxygen atoms in total. The van der Waals surface area contributed by atoms with E-state index in [0.29, 0.717) is 11.4 Å². The predicted octanol–water partition coefficient (Wildman–Crippen LogP) is 2.62. The van der Waals surface area contributed by atoms with Crippen LogP contribution >= 0.6 is 15.9 Å². The van der Waals surface area contributed by atoms with Crippen LogP contribution in [0.4, 0.5) is 5.69 Å². The molecule has 1 N–H and O–H groups in total. The molecule has 1 amide bonds. The summed E-state index contributed by atoms with van der Waals surface area (Å²) in [6.07, 6.45) is 5.05. The number of anilines is 1. The van der Waals surface area contributed by atoms with Crippen molar-refractivity contribution in [1.82, 2.24) is 19.3 Å². The number of nitrogens with zero attached hydrogens (tertiary/aromatic N) is 4. The number of hydrogen-bond donors (Lipinski definition) is 1. The summed E-state index contributed by atoms with van der Waals surface area (Å²) in [6, 6.07) is 9.26. The van der Waals surface area contributed by atoms with Gasteiger partial charge in [-0.1, -0.05) is 6.07 Å². The lowest BCUT2D eigenvalue weighted by Gasteiger charge is -2.08. The molecule has 3 rings (SSSR count). The molecule has 0 atom stereocenters. The van der Waals surface area contributed by atoms with Gasteiger partial charge in [0.05, 0.1) is 5.69 Å². The Morgan fingerprint density at radius 2 is 2.00 bits per heavy atom. The second-order valence-electron chi connectivity index (χ2n) is 4.53. The van der Waals surface area contributed by atoms with Crippen LogP contribution in [0.25, 0.3) is 5.69 Å². The summed E-state index contributed by atoms with van der Waals surface area (Å²) in [5.74, 6) is -0.163. The molecule has 0 aliphatic heterocycles. The number of rotatable bonds is 3.